The van der Waals surface area contributed by atoms with E-state index >= 15 is 0 Å². The lowest BCUT2D eigenvalue weighted by molar-refractivity contribution is -0.159. The molecule has 0 N–H and O–H groups in total. The van der Waals surface area contributed by atoms with E-state index < -0.39 is 5.41 Å². The third-order valence-electron chi connectivity index (χ3n) is 3.10. The Balaban J connectivity index is 2.83. The van der Waals surface area contributed by atoms with Gasteiger partial charge in [0.1, 0.15) is 11.2 Å². The number of carbonyl (C=O) groups excluding carboxylic acids is 2. The highest BCUT2D eigenvalue weighted by molar-refractivity contribution is 6.03. The van der Waals surface area contributed by atoms with Crippen LogP contribution in [0, 0.1) is 11.3 Å². The maximum Gasteiger partial charge on any atom is 0.319 e. The molecule has 14 heavy (non-hydrogen) atoms. The molecule has 0 radical (unpaired) electrons. The van der Waals surface area contributed by atoms with Crippen molar-refractivity contribution in [3.05, 3.63) is 0 Å². The molecule has 3 heteroatoms. The molecule has 1 aliphatic rings. The molecule has 0 aromatic rings. The van der Waals surface area contributed by atoms with Crippen LogP contribution in [0.25, 0.3) is 0 Å². The monoisotopic (exact) mass is 198 g/mol. The van der Waals surface area contributed by atoms with E-state index in [2.05, 4.69) is 6.92 Å². The zero-order valence-corrected chi connectivity index (χ0v) is 9.13. The van der Waals surface area contributed by atoms with E-state index in [0.29, 0.717) is 25.4 Å². The van der Waals surface area contributed by atoms with Gasteiger partial charge in [0.2, 0.25) is 0 Å². The quantitative estimate of drug-likeness (QED) is 0.514. The van der Waals surface area contributed by atoms with Crippen molar-refractivity contribution in [1.82, 2.24) is 0 Å². The van der Waals surface area contributed by atoms with Crippen molar-refractivity contribution < 1.29 is 14.3 Å². The van der Waals surface area contributed by atoms with Gasteiger partial charge in [0.05, 0.1) is 6.61 Å². The van der Waals surface area contributed by atoms with Crippen LogP contribution in [0.3, 0.4) is 0 Å². The second-order valence-corrected chi connectivity index (χ2v) is 4.21. The van der Waals surface area contributed by atoms with E-state index in [4.69, 9.17) is 4.74 Å². The van der Waals surface area contributed by atoms with E-state index in [0.717, 1.165) is 6.42 Å². The SMILES string of the molecule is CCOC(=O)C1(C(C)=O)CCC(C)C1. The number of hydrogen-bond acceptors (Lipinski definition) is 3. The van der Waals surface area contributed by atoms with Crippen molar-refractivity contribution in [1.29, 1.82) is 0 Å². The fourth-order valence-corrected chi connectivity index (χ4v) is 2.21. The number of ketones is 1. The molecule has 0 saturated heterocycles. The van der Waals surface area contributed by atoms with E-state index in [1.165, 1.54) is 6.92 Å². The van der Waals surface area contributed by atoms with Crippen LogP contribution >= 0.6 is 0 Å². The Bertz CT molecular complexity index is 247. The molecule has 0 bridgehead atoms. The number of carbonyl (C=O) groups is 2. The molecule has 0 heterocycles. The fraction of sp³-hybridized carbons (Fsp3) is 0.818. The number of ether oxygens (including phenoxy) is 1. The van der Waals surface area contributed by atoms with Crippen LogP contribution in [0.5, 0.6) is 0 Å². The van der Waals surface area contributed by atoms with Gasteiger partial charge in [-0.2, -0.15) is 0 Å². The molecule has 2 atom stereocenters. The molecule has 1 aliphatic carbocycles. The molecule has 0 aromatic heterocycles. The average Bonchev–Trinajstić information content (AvgIpc) is 2.49. The van der Waals surface area contributed by atoms with Gasteiger partial charge in [0, 0.05) is 0 Å². The molecule has 3 nitrogen and oxygen atoms in total. The van der Waals surface area contributed by atoms with Crippen LogP contribution in [0.2, 0.25) is 0 Å². The van der Waals surface area contributed by atoms with Crippen molar-refractivity contribution in [3.63, 3.8) is 0 Å². The molecule has 80 valence electrons. The van der Waals surface area contributed by atoms with Crippen molar-refractivity contribution >= 4 is 11.8 Å². The first kappa shape index (κ1) is 11.2. The maximum atomic E-state index is 11.7. The Morgan fingerprint density at radius 1 is 1.50 bits per heavy atom. The van der Waals surface area contributed by atoms with Gasteiger partial charge in [-0.1, -0.05) is 6.92 Å². The summed E-state index contributed by atoms with van der Waals surface area (Å²) in [6, 6.07) is 0. The maximum absolute atomic E-state index is 11.7. The first-order valence-corrected chi connectivity index (χ1v) is 5.21. The summed E-state index contributed by atoms with van der Waals surface area (Å²) in [5.74, 6) is 0.0838. The Labute approximate surface area is 84.8 Å². The molecule has 1 rings (SSSR count). The van der Waals surface area contributed by atoms with Gasteiger partial charge < -0.3 is 4.74 Å². The van der Waals surface area contributed by atoms with Gasteiger partial charge in [0.15, 0.2) is 0 Å². The predicted octanol–water partition coefficient (Wildman–Crippen LogP) is 1.94. The van der Waals surface area contributed by atoms with Gasteiger partial charge in [-0.3, -0.25) is 9.59 Å². The number of esters is 1. The normalized spacial score (nSPS) is 31.5. The first-order chi connectivity index (χ1) is 6.53. The second kappa shape index (κ2) is 4.11. The number of hydrogen-bond donors (Lipinski definition) is 0. The lowest BCUT2D eigenvalue weighted by Crippen LogP contribution is -2.37. The molecule has 0 spiro atoms. The highest BCUT2D eigenvalue weighted by Gasteiger charge is 2.49. The van der Waals surface area contributed by atoms with Crippen molar-refractivity contribution in [2.75, 3.05) is 6.61 Å². The predicted molar refractivity (Wildman–Crippen MR) is 52.8 cm³/mol. The molecule has 0 aliphatic heterocycles. The first-order valence-electron chi connectivity index (χ1n) is 5.21. The minimum atomic E-state index is -0.824. The standard InChI is InChI=1S/C11H18O3/c1-4-14-10(13)11(9(3)12)6-5-8(2)7-11/h8H,4-7H2,1-3H3. The van der Waals surface area contributed by atoms with Crippen molar-refractivity contribution in [2.45, 2.75) is 40.0 Å². The van der Waals surface area contributed by atoms with Crippen LogP contribution in [-0.4, -0.2) is 18.4 Å². The Hall–Kier alpha value is -0.860. The summed E-state index contributed by atoms with van der Waals surface area (Å²) in [5.41, 5.74) is -0.824. The zero-order chi connectivity index (χ0) is 10.8. The van der Waals surface area contributed by atoms with Gasteiger partial charge in [-0.05, 0) is 39.0 Å². The lowest BCUT2D eigenvalue weighted by atomic mass is 9.81. The van der Waals surface area contributed by atoms with Crippen LogP contribution in [0.15, 0.2) is 0 Å². The van der Waals surface area contributed by atoms with Crippen LogP contribution in [-0.2, 0) is 14.3 Å². The molecule has 0 aromatic carbocycles. The molecule has 1 fully saturated rings. The smallest absolute Gasteiger partial charge is 0.319 e. The van der Waals surface area contributed by atoms with E-state index in [9.17, 15) is 9.59 Å². The highest BCUT2D eigenvalue weighted by atomic mass is 16.5. The average molecular weight is 198 g/mol. The Kier molecular flexibility index (Phi) is 3.29. The molecule has 2 unspecified atom stereocenters. The van der Waals surface area contributed by atoms with Gasteiger partial charge in [-0.15, -0.1) is 0 Å². The molecular weight excluding hydrogens is 180 g/mol. The minimum absolute atomic E-state index is 0.0414. The van der Waals surface area contributed by atoms with Crippen LogP contribution < -0.4 is 0 Å². The second-order valence-electron chi connectivity index (χ2n) is 4.21. The lowest BCUT2D eigenvalue weighted by Gasteiger charge is -2.23. The fourth-order valence-electron chi connectivity index (χ4n) is 2.21. The number of Topliss-reactive ketones (excluding diaryl/α,β-unsaturated/α-hetero) is 1. The summed E-state index contributed by atoms with van der Waals surface area (Å²) in [6.45, 7) is 5.69. The van der Waals surface area contributed by atoms with E-state index in [1.807, 2.05) is 0 Å². The molecule has 0 amide bonds. The molecule has 1 saturated carbocycles. The summed E-state index contributed by atoms with van der Waals surface area (Å²) in [7, 11) is 0. The summed E-state index contributed by atoms with van der Waals surface area (Å²) in [6.07, 6.45) is 2.25. The Morgan fingerprint density at radius 3 is 2.50 bits per heavy atom. The summed E-state index contributed by atoms with van der Waals surface area (Å²) < 4.78 is 4.98. The summed E-state index contributed by atoms with van der Waals surface area (Å²) in [4.78, 5) is 23.2. The van der Waals surface area contributed by atoms with E-state index in [1.54, 1.807) is 6.92 Å². The van der Waals surface area contributed by atoms with Crippen LogP contribution in [0.1, 0.15) is 40.0 Å². The zero-order valence-electron chi connectivity index (χ0n) is 9.13. The molecular formula is C11H18O3. The summed E-state index contributed by atoms with van der Waals surface area (Å²) in [5, 5.41) is 0. The van der Waals surface area contributed by atoms with Crippen molar-refractivity contribution in [2.24, 2.45) is 11.3 Å². The third kappa shape index (κ3) is 1.81. The van der Waals surface area contributed by atoms with Crippen molar-refractivity contribution in [3.8, 4) is 0 Å². The summed E-state index contributed by atoms with van der Waals surface area (Å²) >= 11 is 0. The van der Waals surface area contributed by atoms with Crippen LogP contribution in [0.4, 0.5) is 0 Å². The topological polar surface area (TPSA) is 43.4 Å². The van der Waals surface area contributed by atoms with Gasteiger partial charge in [-0.25, -0.2) is 0 Å². The Morgan fingerprint density at radius 2 is 2.14 bits per heavy atom. The van der Waals surface area contributed by atoms with Gasteiger partial charge >= 0.3 is 5.97 Å². The van der Waals surface area contributed by atoms with Gasteiger partial charge in [0.25, 0.3) is 0 Å². The number of rotatable bonds is 3. The highest BCUT2D eigenvalue weighted by Crippen LogP contribution is 2.43. The largest absolute Gasteiger partial charge is 0.465 e. The van der Waals surface area contributed by atoms with E-state index in [-0.39, 0.29) is 11.8 Å². The third-order valence-corrected chi connectivity index (χ3v) is 3.10. The minimum Gasteiger partial charge on any atom is -0.465 e.